The van der Waals surface area contributed by atoms with Crippen LogP contribution in [0.2, 0.25) is 0 Å². The van der Waals surface area contributed by atoms with Crippen LogP contribution in [-0.4, -0.2) is 60.1 Å². The van der Waals surface area contributed by atoms with E-state index in [1.165, 1.54) is 30.6 Å². The highest BCUT2D eigenvalue weighted by Crippen LogP contribution is 2.30. The molecule has 2 aromatic carbocycles. The SMILES string of the molecule is COS(=O)(=O)c1cc(Nc2nc(C)nc(C)n2)ccc1/C=C/c1ccc(Nc2ncnc(C)n2)cc1OS(C)(=O)=O. The van der Waals surface area contributed by atoms with Crippen molar-refractivity contribution in [3.8, 4) is 5.75 Å². The van der Waals surface area contributed by atoms with Crippen molar-refractivity contribution in [3.63, 3.8) is 0 Å². The summed E-state index contributed by atoms with van der Waals surface area (Å²) in [6.45, 7) is 5.13. The van der Waals surface area contributed by atoms with Crippen molar-refractivity contribution < 1.29 is 25.2 Å². The van der Waals surface area contributed by atoms with Crippen molar-refractivity contribution in [1.82, 2.24) is 29.9 Å². The number of anilines is 4. The van der Waals surface area contributed by atoms with E-state index >= 15 is 0 Å². The molecule has 0 saturated heterocycles. The summed E-state index contributed by atoms with van der Waals surface area (Å²) >= 11 is 0. The van der Waals surface area contributed by atoms with Gasteiger partial charge in [-0.15, -0.1) is 0 Å². The number of nitrogens with one attached hydrogen (secondary N) is 2. The molecule has 0 aliphatic carbocycles. The van der Waals surface area contributed by atoms with Gasteiger partial charge in [-0.05, 0) is 50.6 Å². The van der Waals surface area contributed by atoms with Crippen molar-refractivity contribution >= 4 is 55.7 Å². The van der Waals surface area contributed by atoms with Crippen molar-refractivity contribution in [2.45, 2.75) is 25.7 Å². The first kappa shape index (κ1) is 29.4. The van der Waals surface area contributed by atoms with Crippen LogP contribution in [0.1, 0.15) is 28.6 Å². The van der Waals surface area contributed by atoms with Crippen molar-refractivity contribution in [3.05, 3.63) is 71.3 Å². The standard InChI is InChI=1S/C25H26N8O6S2/c1-15-26-14-27-24(29-15)32-20-10-8-18(22(12-20)39-40(5,34)35)6-7-19-9-11-21(13-23(19)41(36,37)38-4)33-25-30-16(2)28-17(3)31-25/h6-14H,1-5H3,(H,26,27,29,32)(H,28,30,31,33)/b7-6+. The molecule has 0 saturated carbocycles. The summed E-state index contributed by atoms with van der Waals surface area (Å²) in [7, 11) is -6.99. The second-order valence-corrected chi connectivity index (χ2v) is 11.9. The molecule has 0 fully saturated rings. The van der Waals surface area contributed by atoms with Crippen LogP contribution < -0.4 is 14.8 Å². The van der Waals surface area contributed by atoms with Crippen LogP contribution in [0.4, 0.5) is 23.3 Å². The zero-order valence-electron chi connectivity index (χ0n) is 22.6. The van der Waals surface area contributed by atoms with Gasteiger partial charge in [0.15, 0.2) is 5.75 Å². The molecule has 0 aliphatic heterocycles. The van der Waals surface area contributed by atoms with Gasteiger partial charge in [0.25, 0.3) is 10.1 Å². The summed E-state index contributed by atoms with van der Waals surface area (Å²) in [5.41, 5.74) is 1.47. The molecule has 14 nitrogen and oxygen atoms in total. The topological polar surface area (TPSA) is 188 Å². The quantitative estimate of drug-likeness (QED) is 0.200. The Balaban J connectivity index is 1.70. The lowest BCUT2D eigenvalue weighted by Gasteiger charge is -2.12. The third kappa shape index (κ3) is 8.00. The van der Waals surface area contributed by atoms with Crippen LogP contribution in [0.25, 0.3) is 12.2 Å². The minimum absolute atomic E-state index is 0.00506. The van der Waals surface area contributed by atoms with E-state index in [0.29, 0.717) is 34.4 Å². The van der Waals surface area contributed by atoms with Crippen molar-refractivity contribution in [2.24, 2.45) is 0 Å². The van der Waals surface area contributed by atoms with E-state index in [-0.39, 0.29) is 28.1 Å². The van der Waals surface area contributed by atoms with E-state index in [0.717, 1.165) is 13.4 Å². The molecule has 0 amide bonds. The summed E-state index contributed by atoms with van der Waals surface area (Å²) < 4.78 is 59.5. The molecule has 214 valence electrons. The third-order valence-electron chi connectivity index (χ3n) is 5.26. The first-order valence-electron chi connectivity index (χ1n) is 11.9. The Hall–Kier alpha value is -4.54. The highest BCUT2D eigenvalue weighted by Gasteiger charge is 2.19. The summed E-state index contributed by atoms with van der Waals surface area (Å²) in [6.07, 6.45) is 5.28. The number of hydrogen-bond donors (Lipinski definition) is 2. The molecular weight excluding hydrogens is 572 g/mol. The largest absolute Gasteiger partial charge is 0.382 e. The first-order chi connectivity index (χ1) is 19.3. The Morgan fingerprint density at radius 3 is 1.95 bits per heavy atom. The predicted octanol–water partition coefficient (Wildman–Crippen LogP) is 3.31. The molecule has 0 aliphatic rings. The molecule has 0 bridgehead atoms. The van der Waals surface area contributed by atoms with Gasteiger partial charge in [-0.2, -0.15) is 31.8 Å². The summed E-state index contributed by atoms with van der Waals surface area (Å²) in [4.78, 5) is 24.5. The summed E-state index contributed by atoms with van der Waals surface area (Å²) in [5.74, 6) is 2.01. The fraction of sp³-hybridized carbons (Fsp3) is 0.200. The average molecular weight is 599 g/mol. The molecular formula is C25H26N8O6S2. The van der Waals surface area contributed by atoms with Gasteiger partial charge in [0.05, 0.1) is 13.4 Å². The minimum atomic E-state index is -4.15. The Morgan fingerprint density at radius 2 is 1.32 bits per heavy atom. The molecule has 4 aromatic rings. The van der Waals surface area contributed by atoms with Gasteiger partial charge in [0, 0.05) is 23.0 Å². The normalized spacial score (nSPS) is 11.9. The van der Waals surface area contributed by atoms with E-state index in [2.05, 4.69) is 40.5 Å². The maximum atomic E-state index is 12.8. The van der Waals surface area contributed by atoms with Crippen LogP contribution in [0.3, 0.4) is 0 Å². The van der Waals surface area contributed by atoms with E-state index in [1.807, 2.05) is 0 Å². The van der Waals surface area contributed by atoms with E-state index in [9.17, 15) is 16.8 Å². The molecule has 0 spiro atoms. The van der Waals surface area contributed by atoms with Crippen LogP contribution in [-0.2, 0) is 24.4 Å². The fourth-order valence-corrected chi connectivity index (χ4v) is 4.93. The maximum Gasteiger partial charge on any atom is 0.306 e. The summed E-state index contributed by atoms with van der Waals surface area (Å²) in [6, 6.07) is 9.29. The Morgan fingerprint density at radius 1 is 0.732 bits per heavy atom. The van der Waals surface area contributed by atoms with E-state index in [4.69, 9.17) is 8.37 Å². The average Bonchev–Trinajstić information content (AvgIpc) is 2.87. The predicted molar refractivity (Wildman–Crippen MR) is 152 cm³/mol. The van der Waals surface area contributed by atoms with Gasteiger partial charge >= 0.3 is 10.1 Å². The molecule has 16 heteroatoms. The number of aryl methyl sites for hydroxylation is 3. The molecule has 0 radical (unpaired) electrons. The lowest BCUT2D eigenvalue weighted by molar-refractivity contribution is 0.397. The van der Waals surface area contributed by atoms with Gasteiger partial charge in [-0.3, -0.25) is 4.18 Å². The van der Waals surface area contributed by atoms with E-state index < -0.39 is 20.2 Å². The first-order valence-corrected chi connectivity index (χ1v) is 15.1. The van der Waals surface area contributed by atoms with Crippen LogP contribution in [0.15, 0.2) is 47.6 Å². The van der Waals surface area contributed by atoms with Crippen LogP contribution >= 0.6 is 0 Å². The molecule has 0 unspecified atom stereocenters. The van der Waals surface area contributed by atoms with Gasteiger partial charge in [-0.1, -0.05) is 18.2 Å². The monoisotopic (exact) mass is 598 g/mol. The zero-order valence-corrected chi connectivity index (χ0v) is 24.3. The highest BCUT2D eigenvalue weighted by atomic mass is 32.2. The fourth-order valence-electron chi connectivity index (χ4n) is 3.59. The number of rotatable bonds is 10. The Labute approximate surface area is 237 Å². The third-order valence-corrected chi connectivity index (χ3v) is 7.08. The summed E-state index contributed by atoms with van der Waals surface area (Å²) in [5, 5.41) is 5.94. The van der Waals surface area contributed by atoms with Gasteiger partial charge in [-0.25, -0.2) is 15.0 Å². The molecule has 2 aromatic heterocycles. The lowest BCUT2D eigenvalue weighted by Crippen LogP contribution is -2.08. The minimum Gasteiger partial charge on any atom is -0.382 e. The molecule has 0 atom stereocenters. The molecule has 41 heavy (non-hydrogen) atoms. The number of hydrogen-bond acceptors (Lipinski definition) is 14. The van der Waals surface area contributed by atoms with Crippen molar-refractivity contribution in [2.75, 3.05) is 24.0 Å². The molecule has 2 heterocycles. The van der Waals surface area contributed by atoms with E-state index in [1.54, 1.807) is 45.0 Å². The van der Waals surface area contributed by atoms with Gasteiger partial charge in [0.1, 0.15) is 28.7 Å². The number of nitrogens with zero attached hydrogens (tertiary/aromatic N) is 6. The second kappa shape index (κ2) is 11.9. The Bertz CT molecular complexity index is 1830. The van der Waals surface area contributed by atoms with Gasteiger partial charge in [0.2, 0.25) is 11.9 Å². The zero-order chi connectivity index (χ0) is 29.8. The van der Waals surface area contributed by atoms with Crippen LogP contribution in [0, 0.1) is 20.8 Å². The van der Waals surface area contributed by atoms with Gasteiger partial charge < -0.3 is 14.8 Å². The Kier molecular flexibility index (Phi) is 8.55. The smallest absolute Gasteiger partial charge is 0.306 e. The molecule has 2 N–H and O–H groups in total. The van der Waals surface area contributed by atoms with Crippen LogP contribution in [0.5, 0.6) is 5.75 Å². The highest BCUT2D eigenvalue weighted by molar-refractivity contribution is 7.87. The molecule has 4 rings (SSSR count). The lowest BCUT2D eigenvalue weighted by atomic mass is 10.1. The second-order valence-electron chi connectivity index (χ2n) is 8.61. The number of aromatic nitrogens is 6. The number of benzene rings is 2. The maximum absolute atomic E-state index is 12.8. The van der Waals surface area contributed by atoms with Crippen molar-refractivity contribution in [1.29, 1.82) is 0 Å².